The minimum atomic E-state index is -1.18. The van der Waals surface area contributed by atoms with Crippen molar-refractivity contribution in [3.63, 3.8) is 0 Å². The van der Waals surface area contributed by atoms with Gasteiger partial charge in [0.25, 0.3) is 0 Å². The lowest BCUT2D eigenvalue weighted by Crippen LogP contribution is -2.56. The molecule has 1 aliphatic carbocycles. The van der Waals surface area contributed by atoms with E-state index >= 15 is 0 Å². The lowest BCUT2D eigenvalue weighted by Gasteiger charge is -2.30. The van der Waals surface area contributed by atoms with Crippen LogP contribution in [0.15, 0.2) is 22.7 Å². The Bertz CT molecular complexity index is 1550. The Kier molecular flexibility index (Phi) is 9.81. The Labute approximate surface area is 278 Å². The summed E-state index contributed by atoms with van der Waals surface area (Å²) in [6.45, 7) is 11.3. The number of aryl methyl sites for hydroxylation is 1. The second-order valence-corrected chi connectivity index (χ2v) is 14.5. The summed E-state index contributed by atoms with van der Waals surface area (Å²) in [4.78, 5) is 57.6. The van der Waals surface area contributed by atoms with E-state index in [0.29, 0.717) is 24.8 Å². The number of carbonyl (C=O) groups is 4. The average molecular weight is 702 g/mol. The second kappa shape index (κ2) is 13.3. The van der Waals surface area contributed by atoms with Crippen molar-refractivity contribution in [2.24, 2.45) is 5.92 Å². The number of ether oxygens (including phenoxy) is 2. The highest BCUT2D eigenvalue weighted by Crippen LogP contribution is 2.46. The van der Waals surface area contributed by atoms with E-state index in [1.54, 1.807) is 32.5 Å². The third kappa shape index (κ3) is 7.08. The molecule has 2 aromatic rings. The molecule has 1 saturated heterocycles. The van der Waals surface area contributed by atoms with Crippen molar-refractivity contribution in [2.75, 3.05) is 13.2 Å². The summed E-state index contributed by atoms with van der Waals surface area (Å²) in [5.41, 5.74) is 1.57. The van der Waals surface area contributed by atoms with E-state index in [-0.39, 0.29) is 31.4 Å². The van der Waals surface area contributed by atoms with Gasteiger partial charge in [-0.3, -0.25) is 9.59 Å². The number of rotatable bonds is 4. The number of allylic oxidation sites excluding steroid dienone is 1. The van der Waals surface area contributed by atoms with Crippen molar-refractivity contribution in [1.29, 1.82) is 0 Å². The standard InChI is InChI=1S/C33H45BrN6O6/c1-7-45-30(43)33-17-21(33)13-11-9-8-10-12-14-24(35-31(44)46-32(4,5)6)29(42)39-18-22(15-26(39)28(41)36-33)40-37-25-16-23(34)19(2)20(3)27(25)38-40/h11,13,16,21-22,24,26H,7-10,12,14-15,17-18H2,1-6H3,(H,35,44)(H,36,41)/t21-,22?,24+,26+,33-/m1/s1. The fraction of sp³-hybridized carbons (Fsp3) is 0.636. The van der Waals surface area contributed by atoms with Crippen LogP contribution in [0.25, 0.3) is 11.0 Å². The first kappa shape index (κ1) is 33.9. The fourth-order valence-corrected chi connectivity index (χ4v) is 6.90. The van der Waals surface area contributed by atoms with Crippen LogP contribution in [0.1, 0.15) is 89.8 Å². The molecule has 1 aromatic heterocycles. The van der Waals surface area contributed by atoms with Crippen molar-refractivity contribution >= 4 is 50.8 Å². The maximum atomic E-state index is 14.3. The molecule has 3 aliphatic rings. The van der Waals surface area contributed by atoms with Crippen molar-refractivity contribution in [2.45, 2.75) is 116 Å². The molecule has 3 heterocycles. The van der Waals surface area contributed by atoms with Crippen LogP contribution in [0, 0.1) is 19.8 Å². The molecular weight excluding hydrogens is 656 g/mol. The van der Waals surface area contributed by atoms with E-state index in [2.05, 4.69) is 26.6 Å². The first-order chi connectivity index (χ1) is 21.7. The van der Waals surface area contributed by atoms with Crippen LogP contribution in [0.2, 0.25) is 0 Å². The fourth-order valence-electron chi connectivity index (χ4n) is 6.39. The highest BCUT2D eigenvalue weighted by atomic mass is 79.9. The molecule has 0 bridgehead atoms. The first-order valence-corrected chi connectivity index (χ1v) is 17.0. The Morgan fingerprint density at radius 3 is 2.63 bits per heavy atom. The van der Waals surface area contributed by atoms with Crippen molar-refractivity contribution in [1.82, 2.24) is 30.5 Å². The summed E-state index contributed by atoms with van der Waals surface area (Å²) in [5, 5.41) is 15.3. The number of alkyl carbamates (subject to hydrolysis) is 1. The predicted octanol–water partition coefficient (Wildman–Crippen LogP) is 4.80. The molecule has 0 spiro atoms. The summed E-state index contributed by atoms with van der Waals surface area (Å²) in [5.74, 6) is -1.50. The monoisotopic (exact) mass is 700 g/mol. The topological polar surface area (TPSA) is 145 Å². The van der Waals surface area contributed by atoms with E-state index in [9.17, 15) is 19.2 Å². The van der Waals surface area contributed by atoms with Crippen LogP contribution in [0.5, 0.6) is 0 Å². The molecule has 3 amide bonds. The molecule has 5 rings (SSSR count). The van der Waals surface area contributed by atoms with E-state index in [1.165, 1.54) is 4.90 Å². The number of nitrogens with one attached hydrogen (secondary N) is 2. The van der Waals surface area contributed by atoms with Crippen LogP contribution in [-0.4, -0.2) is 80.1 Å². The number of aromatic nitrogens is 3. The van der Waals surface area contributed by atoms with Gasteiger partial charge >= 0.3 is 12.1 Å². The Morgan fingerprint density at radius 2 is 1.91 bits per heavy atom. The van der Waals surface area contributed by atoms with Crippen molar-refractivity contribution in [3.8, 4) is 0 Å². The molecule has 1 saturated carbocycles. The van der Waals surface area contributed by atoms with E-state index < -0.39 is 47.2 Å². The lowest BCUT2D eigenvalue weighted by atomic mass is 10.0. The molecule has 2 N–H and O–H groups in total. The number of fused-ring (bicyclic) bond motifs is 3. The highest BCUT2D eigenvalue weighted by Gasteiger charge is 2.62. The van der Waals surface area contributed by atoms with Gasteiger partial charge in [0.2, 0.25) is 11.8 Å². The minimum absolute atomic E-state index is 0.152. The molecule has 13 heteroatoms. The molecule has 12 nitrogen and oxygen atoms in total. The van der Waals surface area contributed by atoms with Gasteiger partial charge in [-0.2, -0.15) is 15.0 Å². The SMILES string of the molecule is CCOC(=O)[C@@]12C[C@H]1C=CCCCCC[C@H](NC(=O)OC(C)(C)C)C(=O)N1CC(n3nc4cc(Br)c(C)c(C)c4n3)C[C@H]1C(=O)N2. The van der Waals surface area contributed by atoms with Gasteiger partial charge in [0, 0.05) is 23.4 Å². The van der Waals surface area contributed by atoms with Gasteiger partial charge in [-0.1, -0.05) is 40.9 Å². The quantitative estimate of drug-likeness (QED) is 0.342. The normalized spacial score (nSPS) is 27.2. The molecule has 5 atom stereocenters. The van der Waals surface area contributed by atoms with Crippen LogP contribution in [-0.2, 0) is 23.9 Å². The summed E-state index contributed by atoms with van der Waals surface area (Å²) in [6.07, 6.45) is 7.64. The molecule has 2 fully saturated rings. The number of nitrogens with zero attached hydrogens (tertiary/aromatic N) is 4. The van der Waals surface area contributed by atoms with Gasteiger partial charge in [-0.15, -0.1) is 0 Å². The summed E-state index contributed by atoms with van der Waals surface area (Å²) >= 11 is 3.60. The maximum Gasteiger partial charge on any atom is 0.408 e. The summed E-state index contributed by atoms with van der Waals surface area (Å²) in [7, 11) is 0. The van der Waals surface area contributed by atoms with Gasteiger partial charge in [-0.25, -0.2) is 9.59 Å². The number of hydrogen-bond acceptors (Lipinski definition) is 8. The molecule has 250 valence electrons. The Morgan fingerprint density at radius 1 is 1.15 bits per heavy atom. The Balaban J connectivity index is 1.50. The number of halogens is 1. The number of hydrogen-bond donors (Lipinski definition) is 2. The number of benzene rings is 1. The zero-order chi connectivity index (χ0) is 33.4. The zero-order valence-electron chi connectivity index (χ0n) is 27.5. The van der Waals surface area contributed by atoms with E-state index in [4.69, 9.17) is 19.7 Å². The number of amides is 3. The highest BCUT2D eigenvalue weighted by molar-refractivity contribution is 9.10. The van der Waals surface area contributed by atoms with Gasteiger partial charge in [0.15, 0.2) is 0 Å². The molecule has 0 radical (unpaired) electrons. The van der Waals surface area contributed by atoms with Gasteiger partial charge < -0.3 is 25.0 Å². The number of esters is 1. The molecular formula is C33H45BrN6O6. The van der Waals surface area contributed by atoms with E-state index in [0.717, 1.165) is 40.4 Å². The molecule has 1 aromatic carbocycles. The van der Waals surface area contributed by atoms with Crippen molar-refractivity contribution < 1.29 is 28.7 Å². The molecule has 2 aliphatic heterocycles. The summed E-state index contributed by atoms with van der Waals surface area (Å²) < 4.78 is 11.8. The van der Waals surface area contributed by atoms with Gasteiger partial charge in [0.1, 0.15) is 34.3 Å². The van der Waals surface area contributed by atoms with Gasteiger partial charge in [-0.05, 0) is 84.4 Å². The lowest BCUT2D eigenvalue weighted by molar-refractivity contribution is -0.150. The van der Waals surface area contributed by atoms with Crippen LogP contribution in [0.3, 0.4) is 0 Å². The van der Waals surface area contributed by atoms with E-state index in [1.807, 2.05) is 32.1 Å². The second-order valence-electron chi connectivity index (χ2n) is 13.6. The van der Waals surface area contributed by atoms with Crippen LogP contribution in [0.4, 0.5) is 4.79 Å². The zero-order valence-corrected chi connectivity index (χ0v) is 29.1. The average Bonchev–Trinajstić information content (AvgIpc) is 3.28. The van der Waals surface area contributed by atoms with Crippen LogP contribution < -0.4 is 10.6 Å². The molecule has 1 unspecified atom stereocenters. The maximum absolute atomic E-state index is 14.3. The largest absolute Gasteiger partial charge is 0.464 e. The minimum Gasteiger partial charge on any atom is -0.464 e. The molecule has 46 heavy (non-hydrogen) atoms. The number of carbonyl (C=O) groups excluding carboxylic acids is 4. The third-order valence-corrected chi connectivity index (χ3v) is 9.93. The summed E-state index contributed by atoms with van der Waals surface area (Å²) in [6, 6.07) is -0.327. The third-order valence-electron chi connectivity index (χ3n) is 9.11. The first-order valence-electron chi connectivity index (χ1n) is 16.2. The van der Waals surface area contributed by atoms with Crippen LogP contribution >= 0.6 is 15.9 Å². The van der Waals surface area contributed by atoms with Crippen molar-refractivity contribution in [3.05, 3.63) is 33.8 Å². The van der Waals surface area contributed by atoms with Gasteiger partial charge in [0.05, 0.1) is 12.6 Å². The predicted molar refractivity (Wildman–Crippen MR) is 175 cm³/mol. The smallest absolute Gasteiger partial charge is 0.408 e. The Hall–Kier alpha value is -3.48.